The van der Waals surface area contributed by atoms with Crippen molar-refractivity contribution in [1.82, 2.24) is 10.3 Å². The summed E-state index contributed by atoms with van der Waals surface area (Å²) in [5.74, 6) is -0.0932. The fraction of sp³-hybridized carbons (Fsp3) is 0.375. The van der Waals surface area contributed by atoms with Gasteiger partial charge in [-0.05, 0) is 18.4 Å². The van der Waals surface area contributed by atoms with Gasteiger partial charge in [0.15, 0.2) is 9.84 Å². The number of carbonyl (C=O) groups is 1. The van der Waals surface area contributed by atoms with Crippen LogP contribution in [0.1, 0.15) is 33.6 Å². The van der Waals surface area contributed by atoms with Gasteiger partial charge in [0.25, 0.3) is 5.91 Å². The van der Waals surface area contributed by atoms with E-state index in [4.69, 9.17) is 0 Å². The number of hydrogen-bond donors (Lipinski definition) is 1. The van der Waals surface area contributed by atoms with Crippen LogP contribution in [0.15, 0.2) is 36.5 Å². The van der Waals surface area contributed by atoms with E-state index in [-0.39, 0.29) is 17.4 Å². The maximum atomic E-state index is 12.0. The Morgan fingerprint density at radius 2 is 2.00 bits per heavy atom. The molecule has 0 aliphatic carbocycles. The second-order valence-electron chi connectivity index (χ2n) is 5.16. The van der Waals surface area contributed by atoms with Gasteiger partial charge < -0.3 is 5.32 Å². The maximum absolute atomic E-state index is 12.0. The zero-order chi connectivity index (χ0) is 16.7. The van der Waals surface area contributed by atoms with E-state index in [1.165, 1.54) is 11.3 Å². The van der Waals surface area contributed by atoms with Crippen molar-refractivity contribution in [3.05, 3.63) is 52.0 Å². The number of hydrogen-bond acceptors (Lipinski definition) is 5. The number of aromatic nitrogens is 1. The van der Waals surface area contributed by atoms with E-state index in [9.17, 15) is 13.2 Å². The quantitative estimate of drug-likeness (QED) is 0.740. The molecular formula is C16H20N2O3S2. The van der Waals surface area contributed by atoms with E-state index in [1.807, 2.05) is 25.1 Å². The van der Waals surface area contributed by atoms with E-state index < -0.39 is 9.84 Å². The molecule has 1 amide bonds. The molecule has 5 nitrogen and oxygen atoms in total. The Balaban J connectivity index is 1.75. The summed E-state index contributed by atoms with van der Waals surface area (Å²) in [5.41, 5.74) is 0.785. The third kappa shape index (κ3) is 5.76. The molecule has 1 aromatic heterocycles. The van der Waals surface area contributed by atoms with Gasteiger partial charge in [-0.15, -0.1) is 11.3 Å². The zero-order valence-electron chi connectivity index (χ0n) is 13.0. The highest BCUT2D eigenvalue weighted by atomic mass is 32.2. The van der Waals surface area contributed by atoms with Crippen LogP contribution in [0.3, 0.4) is 0 Å². The summed E-state index contributed by atoms with van der Waals surface area (Å²) in [4.78, 5) is 16.6. The van der Waals surface area contributed by atoms with Crippen LogP contribution in [0.5, 0.6) is 0 Å². The van der Waals surface area contributed by atoms with Crippen molar-refractivity contribution in [3.63, 3.8) is 0 Å². The van der Waals surface area contributed by atoms with E-state index in [0.29, 0.717) is 17.8 Å². The Morgan fingerprint density at radius 3 is 2.65 bits per heavy atom. The Bertz CT molecular complexity index is 740. The van der Waals surface area contributed by atoms with Crippen molar-refractivity contribution in [2.24, 2.45) is 0 Å². The molecule has 1 N–H and O–H groups in total. The summed E-state index contributed by atoms with van der Waals surface area (Å²) in [5, 5.41) is 3.66. The summed E-state index contributed by atoms with van der Waals surface area (Å²) in [6, 6.07) is 9.10. The lowest BCUT2D eigenvalue weighted by atomic mass is 10.2. The molecule has 0 radical (unpaired) electrons. The predicted octanol–water partition coefficient (Wildman–Crippen LogP) is 2.44. The highest BCUT2D eigenvalue weighted by molar-refractivity contribution is 7.90. The molecule has 0 aliphatic heterocycles. The minimum absolute atomic E-state index is 0.0382. The molecule has 1 aromatic carbocycles. The number of thiazole rings is 1. The number of nitrogens with one attached hydrogen (secondary N) is 1. The molecule has 124 valence electrons. The summed E-state index contributed by atoms with van der Waals surface area (Å²) >= 11 is 1.36. The molecule has 1 heterocycles. The monoisotopic (exact) mass is 352 g/mol. The first-order valence-corrected chi connectivity index (χ1v) is 10.1. The molecule has 0 atom stereocenters. The van der Waals surface area contributed by atoms with Crippen LogP contribution in [0.2, 0.25) is 0 Å². The minimum Gasteiger partial charge on any atom is -0.351 e. The number of carbonyl (C=O) groups excluding carboxylic acids is 1. The third-order valence-electron chi connectivity index (χ3n) is 3.23. The van der Waals surface area contributed by atoms with Gasteiger partial charge in [0.2, 0.25) is 0 Å². The molecule has 0 aliphatic rings. The summed E-state index contributed by atoms with van der Waals surface area (Å²) in [7, 11) is -3.16. The third-order valence-corrected chi connectivity index (χ3v) is 6.05. The van der Waals surface area contributed by atoms with Crippen LogP contribution < -0.4 is 5.32 Å². The van der Waals surface area contributed by atoms with Gasteiger partial charge in [0, 0.05) is 6.54 Å². The first-order chi connectivity index (χ1) is 11.0. The Morgan fingerprint density at radius 1 is 1.26 bits per heavy atom. The standard InChI is InChI=1S/C16H20N2O3S2/c1-2-15-18-11-14(22-15)16(19)17-9-6-10-23(20,21)12-13-7-4-3-5-8-13/h3-5,7-8,11H,2,6,9-10,12H2,1H3,(H,17,19). The summed E-state index contributed by atoms with van der Waals surface area (Å²) in [6.45, 7) is 2.32. The van der Waals surface area contributed by atoms with Crippen LogP contribution in [-0.4, -0.2) is 31.6 Å². The molecule has 23 heavy (non-hydrogen) atoms. The van der Waals surface area contributed by atoms with Crippen LogP contribution in [0.4, 0.5) is 0 Å². The number of benzene rings is 1. The molecule has 0 spiro atoms. The summed E-state index contributed by atoms with van der Waals surface area (Å²) in [6.07, 6.45) is 2.76. The minimum atomic E-state index is -3.16. The predicted molar refractivity (Wildman–Crippen MR) is 92.4 cm³/mol. The van der Waals surface area contributed by atoms with Crippen molar-refractivity contribution in [1.29, 1.82) is 0 Å². The van der Waals surface area contributed by atoms with E-state index in [1.54, 1.807) is 18.3 Å². The number of aryl methyl sites for hydroxylation is 1. The normalized spacial score (nSPS) is 11.3. The second kappa shape index (κ2) is 8.21. The van der Waals surface area contributed by atoms with Crippen LogP contribution >= 0.6 is 11.3 Å². The largest absolute Gasteiger partial charge is 0.351 e. The Labute approximate surface area is 140 Å². The highest BCUT2D eigenvalue weighted by Gasteiger charge is 2.13. The molecule has 7 heteroatoms. The fourth-order valence-corrected chi connectivity index (χ4v) is 4.26. The van der Waals surface area contributed by atoms with Gasteiger partial charge in [-0.3, -0.25) is 4.79 Å². The van der Waals surface area contributed by atoms with Gasteiger partial charge in [0.05, 0.1) is 22.7 Å². The molecule has 0 saturated heterocycles. The van der Waals surface area contributed by atoms with E-state index in [0.717, 1.165) is 17.0 Å². The number of nitrogens with zero attached hydrogens (tertiary/aromatic N) is 1. The zero-order valence-corrected chi connectivity index (χ0v) is 14.6. The first-order valence-electron chi connectivity index (χ1n) is 7.47. The first kappa shape index (κ1) is 17.6. The molecule has 2 rings (SSSR count). The van der Waals surface area contributed by atoms with Gasteiger partial charge >= 0.3 is 0 Å². The van der Waals surface area contributed by atoms with Gasteiger partial charge in [-0.2, -0.15) is 0 Å². The molecular weight excluding hydrogens is 332 g/mol. The van der Waals surface area contributed by atoms with Crippen LogP contribution in [0, 0.1) is 0 Å². The topological polar surface area (TPSA) is 76.1 Å². The molecule has 0 unspecified atom stereocenters. The van der Waals surface area contributed by atoms with Crippen molar-refractivity contribution in [2.75, 3.05) is 12.3 Å². The number of rotatable bonds is 8. The molecule has 2 aromatic rings. The lowest BCUT2D eigenvalue weighted by Crippen LogP contribution is -2.25. The fourth-order valence-electron chi connectivity index (χ4n) is 2.06. The van der Waals surface area contributed by atoms with Gasteiger partial charge in [0.1, 0.15) is 4.88 Å². The molecule has 0 fully saturated rings. The van der Waals surface area contributed by atoms with Crippen molar-refractivity contribution >= 4 is 27.1 Å². The van der Waals surface area contributed by atoms with Crippen LogP contribution in [-0.2, 0) is 22.0 Å². The Hall–Kier alpha value is -1.73. The van der Waals surface area contributed by atoms with E-state index in [2.05, 4.69) is 10.3 Å². The van der Waals surface area contributed by atoms with Crippen molar-refractivity contribution < 1.29 is 13.2 Å². The van der Waals surface area contributed by atoms with Gasteiger partial charge in [-0.1, -0.05) is 37.3 Å². The number of sulfone groups is 1. The second-order valence-corrected chi connectivity index (χ2v) is 8.46. The van der Waals surface area contributed by atoms with Crippen LogP contribution in [0.25, 0.3) is 0 Å². The maximum Gasteiger partial charge on any atom is 0.263 e. The molecule has 0 saturated carbocycles. The molecule has 0 bridgehead atoms. The average Bonchev–Trinajstić information content (AvgIpc) is 3.01. The number of amides is 1. The highest BCUT2D eigenvalue weighted by Crippen LogP contribution is 2.13. The SMILES string of the molecule is CCc1ncc(C(=O)NCCCS(=O)(=O)Cc2ccccc2)s1. The summed E-state index contributed by atoms with van der Waals surface area (Å²) < 4.78 is 24.1. The average molecular weight is 352 g/mol. The van der Waals surface area contributed by atoms with E-state index >= 15 is 0 Å². The lowest BCUT2D eigenvalue weighted by Gasteiger charge is -2.05. The van der Waals surface area contributed by atoms with Gasteiger partial charge in [-0.25, -0.2) is 13.4 Å². The lowest BCUT2D eigenvalue weighted by molar-refractivity contribution is 0.0957. The van der Waals surface area contributed by atoms with Crippen molar-refractivity contribution in [2.45, 2.75) is 25.5 Å². The van der Waals surface area contributed by atoms with Crippen molar-refractivity contribution in [3.8, 4) is 0 Å². The smallest absolute Gasteiger partial charge is 0.263 e. The Kier molecular flexibility index (Phi) is 6.29.